The van der Waals surface area contributed by atoms with E-state index in [0.29, 0.717) is 5.69 Å². The van der Waals surface area contributed by atoms with Crippen LogP contribution in [0.15, 0.2) is 16.9 Å². The molecule has 42 valence electrons. The van der Waals surface area contributed by atoms with E-state index in [2.05, 4.69) is 0 Å². The molecule has 0 saturated heterocycles. The number of carbonyl (C=O) groups is 1. The van der Waals surface area contributed by atoms with E-state index < -0.39 is 0 Å². The summed E-state index contributed by atoms with van der Waals surface area (Å²) in [6.45, 7) is 0. The summed E-state index contributed by atoms with van der Waals surface area (Å²) in [5, 5.41) is 0. The van der Waals surface area contributed by atoms with Crippen molar-refractivity contribution in [3.63, 3.8) is 0 Å². The molecule has 0 bridgehead atoms. The van der Waals surface area contributed by atoms with Gasteiger partial charge in [-0.3, -0.25) is 4.79 Å². The molecule has 0 radical (unpaired) electrons. The monoisotopic (exact) mass is 112 g/mol. The standard InChI is InChI=1S/C5H6NO2/c1-6-5(4-7)2-3-8-6/h2-4H,1H3/q+1. The molecule has 0 unspecified atom stereocenters. The van der Waals surface area contributed by atoms with Crippen molar-refractivity contribution < 1.29 is 14.1 Å². The lowest BCUT2D eigenvalue weighted by Gasteiger charge is -1.70. The highest BCUT2D eigenvalue weighted by Gasteiger charge is 2.04. The third kappa shape index (κ3) is 0.621. The van der Waals surface area contributed by atoms with Crippen molar-refractivity contribution in [1.29, 1.82) is 0 Å². The van der Waals surface area contributed by atoms with Crippen LogP contribution in [-0.2, 0) is 7.05 Å². The largest absolute Gasteiger partial charge is 0.293 e. The van der Waals surface area contributed by atoms with Crippen molar-refractivity contribution >= 4 is 6.29 Å². The fraction of sp³-hybridized carbons (Fsp3) is 0.200. The molecule has 3 heteroatoms. The summed E-state index contributed by atoms with van der Waals surface area (Å²) in [6, 6.07) is 1.60. The van der Waals surface area contributed by atoms with Crippen molar-refractivity contribution in [2.24, 2.45) is 7.05 Å². The molecule has 0 aliphatic carbocycles. The van der Waals surface area contributed by atoms with E-state index in [0.717, 1.165) is 6.29 Å². The molecule has 0 aliphatic rings. The van der Waals surface area contributed by atoms with E-state index in [1.165, 1.54) is 11.0 Å². The molecule has 0 atom stereocenters. The highest BCUT2D eigenvalue weighted by atomic mass is 16.5. The predicted molar refractivity (Wildman–Crippen MR) is 25.3 cm³/mol. The Hall–Kier alpha value is -1.12. The maximum atomic E-state index is 10.0. The third-order valence-electron chi connectivity index (χ3n) is 0.942. The van der Waals surface area contributed by atoms with Crippen LogP contribution in [0.25, 0.3) is 0 Å². The molecule has 8 heavy (non-hydrogen) atoms. The molecule has 1 aromatic heterocycles. The van der Waals surface area contributed by atoms with Gasteiger partial charge in [-0.05, 0) is 4.74 Å². The summed E-state index contributed by atoms with van der Waals surface area (Å²) in [5.74, 6) is 0. The molecule has 0 spiro atoms. The molecule has 0 aromatic carbocycles. The van der Waals surface area contributed by atoms with Crippen molar-refractivity contribution in [3.05, 3.63) is 18.0 Å². The molecule has 0 amide bonds. The maximum Gasteiger partial charge on any atom is 0.293 e. The minimum atomic E-state index is 0.546. The van der Waals surface area contributed by atoms with Gasteiger partial charge in [0.1, 0.15) is 0 Å². The average molecular weight is 112 g/mol. The summed E-state index contributed by atoms with van der Waals surface area (Å²) in [4.78, 5) is 10.0. The van der Waals surface area contributed by atoms with Crippen LogP contribution in [0.4, 0.5) is 0 Å². The Bertz CT molecular complexity index is 192. The highest BCUT2D eigenvalue weighted by molar-refractivity contribution is 5.68. The van der Waals surface area contributed by atoms with E-state index in [4.69, 9.17) is 4.52 Å². The lowest BCUT2D eigenvalue weighted by atomic mass is 10.5. The van der Waals surface area contributed by atoms with Crippen LogP contribution < -0.4 is 4.74 Å². The van der Waals surface area contributed by atoms with Gasteiger partial charge in [-0.25, -0.2) is 4.52 Å². The first-order valence-electron chi connectivity index (χ1n) is 2.24. The zero-order valence-electron chi connectivity index (χ0n) is 4.50. The predicted octanol–water partition coefficient (Wildman–Crippen LogP) is -0.0834. The Labute approximate surface area is 46.5 Å². The smallest absolute Gasteiger partial charge is 0.291 e. The number of rotatable bonds is 1. The van der Waals surface area contributed by atoms with Crippen LogP contribution in [0.2, 0.25) is 0 Å². The van der Waals surface area contributed by atoms with Crippen LogP contribution in [0.5, 0.6) is 0 Å². The Kier molecular flexibility index (Phi) is 1.12. The van der Waals surface area contributed by atoms with Gasteiger partial charge in [0.25, 0.3) is 5.69 Å². The Morgan fingerprint density at radius 2 is 2.62 bits per heavy atom. The molecular weight excluding hydrogens is 106 g/mol. The fourth-order valence-electron chi connectivity index (χ4n) is 0.471. The van der Waals surface area contributed by atoms with E-state index in [1.807, 2.05) is 0 Å². The Morgan fingerprint density at radius 1 is 1.88 bits per heavy atom. The topological polar surface area (TPSA) is 34.1 Å². The van der Waals surface area contributed by atoms with Crippen molar-refractivity contribution in [2.45, 2.75) is 0 Å². The number of aldehydes is 1. The van der Waals surface area contributed by atoms with E-state index in [1.54, 1.807) is 13.1 Å². The summed E-state index contributed by atoms with van der Waals surface area (Å²) in [5.41, 5.74) is 0.546. The van der Waals surface area contributed by atoms with Crippen molar-refractivity contribution in [3.8, 4) is 0 Å². The van der Waals surface area contributed by atoms with Gasteiger partial charge in [0.2, 0.25) is 6.29 Å². The third-order valence-corrected chi connectivity index (χ3v) is 0.942. The minimum absolute atomic E-state index is 0.546. The average Bonchev–Trinajstić information content (AvgIpc) is 2.14. The molecular formula is C5H6NO2+. The number of hydrogen-bond acceptors (Lipinski definition) is 2. The van der Waals surface area contributed by atoms with Gasteiger partial charge in [-0.2, -0.15) is 0 Å². The summed E-state index contributed by atoms with van der Waals surface area (Å²) < 4.78 is 6.14. The van der Waals surface area contributed by atoms with Gasteiger partial charge in [-0.1, -0.05) is 0 Å². The number of aromatic nitrogens is 1. The Balaban J connectivity index is 3.09. The van der Waals surface area contributed by atoms with Gasteiger partial charge in [0, 0.05) is 0 Å². The quantitative estimate of drug-likeness (QED) is 0.376. The van der Waals surface area contributed by atoms with Crippen LogP contribution in [0.1, 0.15) is 10.5 Å². The molecule has 1 aromatic rings. The second kappa shape index (κ2) is 1.78. The SMILES string of the molecule is C[n+]1occc1C=O. The van der Waals surface area contributed by atoms with Gasteiger partial charge in [0.15, 0.2) is 13.3 Å². The van der Waals surface area contributed by atoms with Gasteiger partial charge >= 0.3 is 0 Å². The van der Waals surface area contributed by atoms with E-state index in [9.17, 15) is 4.79 Å². The van der Waals surface area contributed by atoms with E-state index >= 15 is 0 Å². The zero-order valence-corrected chi connectivity index (χ0v) is 4.50. The second-order valence-electron chi connectivity index (χ2n) is 1.45. The molecule has 0 fully saturated rings. The Morgan fingerprint density at radius 3 is 2.88 bits per heavy atom. The molecule has 1 heterocycles. The van der Waals surface area contributed by atoms with E-state index in [-0.39, 0.29) is 0 Å². The molecule has 0 saturated carbocycles. The van der Waals surface area contributed by atoms with Crippen LogP contribution >= 0.6 is 0 Å². The van der Waals surface area contributed by atoms with Gasteiger partial charge in [0.05, 0.1) is 6.07 Å². The first kappa shape index (κ1) is 5.03. The van der Waals surface area contributed by atoms with Crippen LogP contribution in [-0.4, -0.2) is 6.29 Å². The zero-order chi connectivity index (χ0) is 5.98. The normalized spacial score (nSPS) is 9.12. The first-order valence-corrected chi connectivity index (χ1v) is 2.24. The minimum Gasteiger partial charge on any atom is -0.291 e. The second-order valence-corrected chi connectivity index (χ2v) is 1.45. The molecule has 3 nitrogen and oxygen atoms in total. The molecule has 1 rings (SSSR count). The lowest BCUT2D eigenvalue weighted by Crippen LogP contribution is -2.29. The number of hydrogen-bond donors (Lipinski definition) is 0. The molecule has 0 aliphatic heterocycles. The maximum absolute atomic E-state index is 10.0. The molecule has 0 N–H and O–H groups in total. The van der Waals surface area contributed by atoms with Crippen LogP contribution in [0, 0.1) is 0 Å². The summed E-state index contributed by atoms with van der Waals surface area (Å²) >= 11 is 0. The highest BCUT2D eigenvalue weighted by Crippen LogP contribution is 1.82. The van der Waals surface area contributed by atoms with Gasteiger partial charge in [-0.15, -0.1) is 0 Å². The van der Waals surface area contributed by atoms with Crippen molar-refractivity contribution in [2.75, 3.05) is 0 Å². The lowest BCUT2D eigenvalue weighted by molar-refractivity contribution is -0.846. The van der Waals surface area contributed by atoms with Crippen LogP contribution in [0.3, 0.4) is 0 Å². The number of carbonyl (C=O) groups excluding carboxylic acids is 1. The number of aryl methyl sites for hydroxylation is 1. The number of nitrogens with zero attached hydrogens (tertiary/aromatic N) is 1. The summed E-state index contributed by atoms with van der Waals surface area (Å²) in [7, 11) is 1.67. The van der Waals surface area contributed by atoms with Gasteiger partial charge < -0.3 is 0 Å². The first-order chi connectivity index (χ1) is 3.84. The fourth-order valence-corrected chi connectivity index (χ4v) is 0.471. The van der Waals surface area contributed by atoms with Crippen molar-refractivity contribution in [1.82, 2.24) is 0 Å². The summed E-state index contributed by atoms with van der Waals surface area (Å²) in [6.07, 6.45) is 2.20.